The van der Waals surface area contributed by atoms with E-state index in [1.165, 1.54) is 6.07 Å². The first-order valence-corrected chi connectivity index (χ1v) is 6.81. The van der Waals surface area contributed by atoms with Gasteiger partial charge in [-0.25, -0.2) is 4.39 Å². The lowest BCUT2D eigenvalue weighted by Gasteiger charge is -2.15. The van der Waals surface area contributed by atoms with Gasteiger partial charge in [-0.1, -0.05) is 31.2 Å². The molecule has 0 aliphatic heterocycles. The van der Waals surface area contributed by atoms with Crippen molar-refractivity contribution in [2.45, 2.75) is 26.0 Å². The summed E-state index contributed by atoms with van der Waals surface area (Å²) in [4.78, 5) is 0. The van der Waals surface area contributed by atoms with Crippen LogP contribution in [0, 0.1) is 17.1 Å². The SMILES string of the molecule is CCC(N)c1ccccc1OCc1ccc(C#N)cc1F. The average molecular weight is 284 g/mol. The largest absolute Gasteiger partial charge is 0.488 e. The maximum Gasteiger partial charge on any atom is 0.131 e. The van der Waals surface area contributed by atoms with E-state index in [1.54, 1.807) is 12.1 Å². The van der Waals surface area contributed by atoms with Crippen molar-refractivity contribution in [3.63, 3.8) is 0 Å². The molecule has 0 saturated heterocycles. The maximum absolute atomic E-state index is 13.8. The van der Waals surface area contributed by atoms with Crippen LogP contribution in [-0.4, -0.2) is 0 Å². The zero-order valence-electron chi connectivity index (χ0n) is 11.8. The Morgan fingerprint density at radius 2 is 2.05 bits per heavy atom. The van der Waals surface area contributed by atoms with Crippen molar-refractivity contribution in [1.29, 1.82) is 5.26 Å². The Labute approximate surface area is 123 Å². The van der Waals surface area contributed by atoms with E-state index >= 15 is 0 Å². The normalized spacial score (nSPS) is 11.7. The summed E-state index contributed by atoms with van der Waals surface area (Å²) in [6.45, 7) is 2.10. The monoisotopic (exact) mass is 284 g/mol. The highest BCUT2D eigenvalue weighted by Gasteiger charge is 2.11. The summed E-state index contributed by atoms with van der Waals surface area (Å²) in [5.41, 5.74) is 7.66. The summed E-state index contributed by atoms with van der Waals surface area (Å²) in [6, 6.07) is 13.7. The first kappa shape index (κ1) is 15.0. The van der Waals surface area contributed by atoms with Crippen LogP contribution in [0.2, 0.25) is 0 Å². The molecule has 2 aromatic carbocycles. The standard InChI is InChI=1S/C17H17FN2O/c1-2-16(20)14-5-3-4-6-17(14)21-11-13-8-7-12(10-19)9-15(13)18/h3-9,16H,2,11,20H2,1H3. The quantitative estimate of drug-likeness (QED) is 0.911. The summed E-state index contributed by atoms with van der Waals surface area (Å²) < 4.78 is 19.5. The van der Waals surface area contributed by atoms with Crippen molar-refractivity contribution >= 4 is 0 Å². The Bertz CT molecular complexity index is 664. The van der Waals surface area contributed by atoms with E-state index in [1.807, 2.05) is 37.3 Å². The molecule has 0 amide bonds. The minimum Gasteiger partial charge on any atom is -0.488 e. The molecule has 0 aliphatic carbocycles. The second kappa shape index (κ2) is 6.87. The number of ether oxygens (including phenoxy) is 1. The van der Waals surface area contributed by atoms with Gasteiger partial charge < -0.3 is 10.5 Å². The molecule has 108 valence electrons. The molecular formula is C17H17FN2O. The topological polar surface area (TPSA) is 59.0 Å². The van der Waals surface area contributed by atoms with Gasteiger partial charge in [0, 0.05) is 17.2 Å². The van der Waals surface area contributed by atoms with Gasteiger partial charge in [-0.2, -0.15) is 5.26 Å². The maximum atomic E-state index is 13.8. The molecular weight excluding hydrogens is 267 g/mol. The zero-order valence-corrected chi connectivity index (χ0v) is 11.8. The van der Waals surface area contributed by atoms with Crippen molar-refractivity contribution in [1.82, 2.24) is 0 Å². The lowest BCUT2D eigenvalue weighted by molar-refractivity contribution is 0.294. The van der Waals surface area contributed by atoms with Crippen LogP contribution in [0.5, 0.6) is 5.75 Å². The van der Waals surface area contributed by atoms with E-state index < -0.39 is 5.82 Å². The van der Waals surface area contributed by atoms with Crippen LogP contribution in [0.15, 0.2) is 42.5 Å². The smallest absolute Gasteiger partial charge is 0.131 e. The van der Waals surface area contributed by atoms with Crippen LogP contribution < -0.4 is 10.5 Å². The van der Waals surface area contributed by atoms with Gasteiger partial charge in [-0.15, -0.1) is 0 Å². The van der Waals surface area contributed by atoms with Gasteiger partial charge in [0.15, 0.2) is 0 Å². The molecule has 0 saturated carbocycles. The lowest BCUT2D eigenvalue weighted by Crippen LogP contribution is -2.11. The number of nitrogens with two attached hydrogens (primary N) is 1. The molecule has 0 fully saturated rings. The van der Waals surface area contributed by atoms with E-state index in [0.29, 0.717) is 16.9 Å². The number of para-hydroxylation sites is 1. The average Bonchev–Trinajstić information content (AvgIpc) is 2.53. The summed E-state index contributed by atoms with van der Waals surface area (Å²) in [5.74, 6) is 0.224. The van der Waals surface area contributed by atoms with Crippen LogP contribution >= 0.6 is 0 Å². The van der Waals surface area contributed by atoms with Crippen LogP contribution in [0.25, 0.3) is 0 Å². The van der Waals surface area contributed by atoms with Crippen LogP contribution in [0.1, 0.15) is 36.1 Å². The number of nitrogens with zero attached hydrogens (tertiary/aromatic N) is 1. The minimum atomic E-state index is -0.439. The van der Waals surface area contributed by atoms with Crippen LogP contribution in [-0.2, 0) is 6.61 Å². The molecule has 0 heterocycles. The summed E-state index contributed by atoms with van der Waals surface area (Å²) >= 11 is 0. The van der Waals surface area contributed by atoms with Gasteiger partial charge in [0.1, 0.15) is 18.2 Å². The Morgan fingerprint density at radius 1 is 1.29 bits per heavy atom. The fourth-order valence-electron chi connectivity index (χ4n) is 2.03. The number of hydrogen-bond donors (Lipinski definition) is 1. The van der Waals surface area contributed by atoms with E-state index in [0.717, 1.165) is 12.0 Å². The van der Waals surface area contributed by atoms with Crippen molar-refractivity contribution in [2.75, 3.05) is 0 Å². The molecule has 2 rings (SSSR count). The third kappa shape index (κ3) is 3.59. The number of hydrogen-bond acceptors (Lipinski definition) is 3. The molecule has 0 spiro atoms. The first-order valence-electron chi connectivity index (χ1n) is 6.81. The number of nitriles is 1. The first-order chi connectivity index (χ1) is 10.2. The Balaban J connectivity index is 2.16. The van der Waals surface area contributed by atoms with Crippen molar-refractivity contribution in [2.24, 2.45) is 5.73 Å². The minimum absolute atomic E-state index is 0.102. The fourth-order valence-corrected chi connectivity index (χ4v) is 2.03. The van der Waals surface area contributed by atoms with E-state index in [2.05, 4.69) is 0 Å². The highest BCUT2D eigenvalue weighted by atomic mass is 19.1. The Hall–Kier alpha value is -2.38. The Morgan fingerprint density at radius 3 is 2.71 bits per heavy atom. The highest BCUT2D eigenvalue weighted by molar-refractivity contribution is 5.37. The molecule has 2 aromatic rings. The predicted octanol–water partition coefficient (Wildman–Crippen LogP) is 3.69. The van der Waals surface area contributed by atoms with E-state index in [-0.39, 0.29) is 12.6 Å². The van der Waals surface area contributed by atoms with Crippen LogP contribution in [0.3, 0.4) is 0 Å². The van der Waals surface area contributed by atoms with Gasteiger partial charge in [0.2, 0.25) is 0 Å². The highest BCUT2D eigenvalue weighted by Crippen LogP contribution is 2.26. The molecule has 2 N–H and O–H groups in total. The zero-order chi connectivity index (χ0) is 15.2. The number of halogens is 1. The molecule has 1 unspecified atom stereocenters. The van der Waals surface area contributed by atoms with Gasteiger partial charge in [-0.3, -0.25) is 0 Å². The third-order valence-corrected chi connectivity index (χ3v) is 3.32. The molecule has 0 aliphatic rings. The van der Waals surface area contributed by atoms with Gasteiger partial charge in [0.25, 0.3) is 0 Å². The molecule has 0 radical (unpaired) electrons. The van der Waals surface area contributed by atoms with Crippen molar-refractivity contribution < 1.29 is 9.13 Å². The third-order valence-electron chi connectivity index (χ3n) is 3.32. The molecule has 21 heavy (non-hydrogen) atoms. The Kier molecular flexibility index (Phi) is 4.91. The van der Waals surface area contributed by atoms with Gasteiger partial charge in [-0.05, 0) is 24.6 Å². The second-order valence-electron chi connectivity index (χ2n) is 4.76. The van der Waals surface area contributed by atoms with E-state index in [4.69, 9.17) is 15.7 Å². The summed E-state index contributed by atoms with van der Waals surface area (Å²) in [7, 11) is 0. The molecule has 3 nitrogen and oxygen atoms in total. The summed E-state index contributed by atoms with van der Waals surface area (Å²) in [5, 5.41) is 8.72. The van der Waals surface area contributed by atoms with Crippen LogP contribution in [0.4, 0.5) is 4.39 Å². The number of benzene rings is 2. The fraction of sp³-hybridized carbons (Fsp3) is 0.235. The molecule has 0 bridgehead atoms. The molecule has 1 atom stereocenters. The predicted molar refractivity (Wildman–Crippen MR) is 79.1 cm³/mol. The summed E-state index contributed by atoms with van der Waals surface area (Å²) in [6.07, 6.45) is 0.797. The second-order valence-corrected chi connectivity index (χ2v) is 4.76. The van der Waals surface area contributed by atoms with E-state index in [9.17, 15) is 4.39 Å². The van der Waals surface area contributed by atoms with Gasteiger partial charge >= 0.3 is 0 Å². The number of rotatable bonds is 5. The molecule has 4 heteroatoms. The lowest BCUT2D eigenvalue weighted by atomic mass is 10.0. The van der Waals surface area contributed by atoms with Crippen molar-refractivity contribution in [3.8, 4) is 11.8 Å². The van der Waals surface area contributed by atoms with Crippen molar-refractivity contribution in [3.05, 3.63) is 65.0 Å². The molecule has 0 aromatic heterocycles. The van der Waals surface area contributed by atoms with Gasteiger partial charge in [0.05, 0.1) is 11.6 Å².